The van der Waals surface area contributed by atoms with Crippen LogP contribution < -0.4 is 10.1 Å². The van der Waals surface area contributed by atoms with Crippen molar-refractivity contribution < 1.29 is 56.5 Å². The van der Waals surface area contributed by atoms with Gasteiger partial charge in [-0.25, -0.2) is 0 Å². The Morgan fingerprint density at radius 3 is 2.04 bits per heavy atom. The molecule has 2 aromatic rings. The first-order chi connectivity index (χ1) is 22.4. The van der Waals surface area contributed by atoms with E-state index in [1.807, 2.05) is 6.92 Å². The Balaban J connectivity index is 1.95. The van der Waals surface area contributed by atoms with Crippen LogP contribution in [0.15, 0.2) is 36.4 Å². The number of ether oxygens (including phenoxy) is 5. The number of hydrogen-bond acceptors (Lipinski definition) is 12. The number of nitrogens with one attached hydrogen (secondary N) is 1. The first-order valence-electron chi connectivity index (χ1n) is 15.4. The molecule has 1 saturated heterocycles. The Morgan fingerprint density at radius 2 is 1.43 bits per heavy atom. The van der Waals surface area contributed by atoms with Gasteiger partial charge in [0.05, 0.1) is 19.4 Å². The summed E-state index contributed by atoms with van der Waals surface area (Å²) < 4.78 is 53.2. The Hall–Kier alpha value is -3.95. The van der Waals surface area contributed by atoms with Gasteiger partial charge >= 0.3 is 25.5 Å². The molecular formula is C33H42NO12P. The molecule has 14 heteroatoms. The summed E-state index contributed by atoms with van der Waals surface area (Å²) in [5.74, 6) is 3.09. The Kier molecular flexibility index (Phi) is 14.2. The number of rotatable bonds is 14. The highest BCUT2D eigenvalue weighted by Gasteiger charge is 2.53. The van der Waals surface area contributed by atoms with Crippen molar-refractivity contribution in [3.8, 4) is 17.6 Å². The van der Waals surface area contributed by atoms with Gasteiger partial charge < -0.3 is 38.0 Å². The molecule has 1 amide bonds. The summed E-state index contributed by atoms with van der Waals surface area (Å²) in [4.78, 5) is 48.8. The van der Waals surface area contributed by atoms with Gasteiger partial charge in [-0.2, -0.15) is 0 Å². The van der Waals surface area contributed by atoms with E-state index in [1.165, 1.54) is 6.92 Å². The summed E-state index contributed by atoms with van der Waals surface area (Å²) in [5, 5.41) is 4.28. The first kappa shape index (κ1) is 37.5. The van der Waals surface area contributed by atoms with Crippen molar-refractivity contribution in [2.24, 2.45) is 0 Å². The van der Waals surface area contributed by atoms with E-state index in [2.05, 4.69) is 17.2 Å². The molecule has 0 saturated carbocycles. The SMILES string of the molecule is CCCC#CC(=O)Nc1ccc2cc(O[C@H]3O[C@H](CCP(=O)(OCC)OCC)[C@@H](OC(C)=O)[C@H](OC(C)=O)[C@@H]3OC(C)=O)ccc2c1. The monoisotopic (exact) mass is 675 g/mol. The molecule has 0 aromatic heterocycles. The number of carbonyl (C=O) groups excluding carboxylic acids is 4. The van der Waals surface area contributed by atoms with Gasteiger partial charge in [0.2, 0.25) is 12.4 Å². The van der Waals surface area contributed by atoms with Gasteiger partial charge in [0.1, 0.15) is 11.9 Å². The highest BCUT2D eigenvalue weighted by molar-refractivity contribution is 7.53. The first-order valence-corrected chi connectivity index (χ1v) is 17.2. The molecule has 1 fully saturated rings. The fourth-order valence-corrected chi connectivity index (χ4v) is 6.66. The number of carbonyl (C=O) groups is 4. The van der Waals surface area contributed by atoms with Crippen LogP contribution in [-0.2, 0) is 51.7 Å². The minimum Gasteiger partial charge on any atom is -0.461 e. The third kappa shape index (κ3) is 11.4. The number of benzene rings is 2. The van der Waals surface area contributed by atoms with E-state index in [4.69, 9.17) is 32.7 Å². The quantitative estimate of drug-likeness (QED) is 0.122. The highest BCUT2D eigenvalue weighted by atomic mass is 31.2. The lowest BCUT2D eigenvalue weighted by molar-refractivity contribution is -0.283. The second kappa shape index (κ2) is 17.8. The summed E-state index contributed by atoms with van der Waals surface area (Å²) >= 11 is 0. The minimum atomic E-state index is -3.55. The van der Waals surface area contributed by atoms with E-state index in [1.54, 1.807) is 50.2 Å². The zero-order valence-electron chi connectivity index (χ0n) is 27.4. The number of anilines is 1. The van der Waals surface area contributed by atoms with Crippen LogP contribution in [0.4, 0.5) is 5.69 Å². The molecule has 5 atom stereocenters. The van der Waals surface area contributed by atoms with Crippen LogP contribution in [0, 0.1) is 11.8 Å². The molecule has 47 heavy (non-hydrogen) atoms. The summed E-state index contributed by atoms with van der Waals surface area (Å²) in [5.41, 5.74) is 0.562. The molecule has 0 spiro atoms. The fourth-order valence-electron chi connectivity index (χ4n) is 4.97. The maximum absolute atomic E-state index is 13.3. The number of hydrogen-bond donors (Lipinski definition) is 1. The molecule has 0 unspecified atom stereocenters. The second-order valence-electron chi connectivity index (χ2n) is 10.6. The summed E-state index contributed by atoms with van der Waals surface area (Å²) in [6.07, 6.45) is -4.99. The second-order valence-corrected chi connectivity index (χ2v) is 12.8. The number of esters is 3. The van der Waals surface area contributed by atoms with Gasteiger partial charge in [-0.05, 0) is 67.6 Å². The zero-order chi connectivity index (χ0) is 34.6. The Labute approximate surface area is 274 Å². The fraction of sp³-hybridized carbons (Fsp3) is 0.515. The molecule has 1 aliphatic heterocycles. The predicted octanol–water partition coefficient (Wildman–Crippen LogP) is 5.14. The Morgan fingerprint density at radius 1 is 0.830 bits per heavy atom. The topological polar surface area (TPSA) is 162 Å². The average molecular weight is 676 g/mol. The molecule has 3 rings (SSSR count). The summed E-state index contributed by atoms with van der Waals surface area (Å²) in [6.45, 7) is 9.10. The van der Waals surface area contributed by atoms with E-state index in [9.17, 15) is 23.7 Å². The summed E-state index contributed by atoms with van der Waals surface area (Å²) in [7, 11) is -3.55. The van der Waals surface area contributed by atoms with Gasteiger partial charge in [-0.15, -0.1) is 0 Å². The van der Waals surface area contributed by atoms with Crippen molar-refractivity contribution in [2.75, 3.05) is 24.7 Å². The molecule has 0 aliphatic carbocycles. The van der Waals surface area contributed by atoms with E-state index < -0.39 is 62.1 Å². The molecule has 2 aromatic carbocycles. The minimum absolute atomic E-state index is 0.0192. The van der Waals surface area contributed by atoms with Crippen molar-refractivity contribution in [1.29, 1.82) is 0 Å². The highest BCUT2D eigenvalue weighted by Crippen LogP contribution is 2.49. The normalized spacial score (nSPS) is 20.8. The van der Waals surface area contributed by atoms with Crippen molar-refractivity contribution in [3.05, 3.63) is 36.4 Å². The van der Waals surface area contributed by atoms with Crippen LogP contribution in [0.3, 0.4) is 0 Å². The van der Waals surface area contributed by atoms with Crippen LogP contribution in [0.2, 0.25) is 0 Å². The largest absolute Gasteiger partial charge is 0.461 e. The van der Waals surface area contributed by atoms with Gasteiger partial charge in [0.25, 0.3) is 5.91 Å². The van der Waals surface area contributed by atoms with Crippen molar-refractivity contribution in [2.45, 2.75) is 91.5 Å². The van der Waals surface area contributed by atoms with Crippen LogP contribution in [0.1, 0.15) is 60.8 Å². The van der Waals surface area contributed by atoms with Gasteiger partial charge in [0, 0.05) is 32.9 Å². The van der Waals surface area contributed by atoms with E-state index in [-0.39, 0.29) is 25.8 Å². The van der Waals surface area contributed by atoms with Crippen molar-refractivity contribution >= 4 is 47.9 Å². The van der Waals surface area contributed by atoms with E-state index in [0.29, 0.717) is 17.9 Å². The lowest BCUT2D eigenvalue weighted by atomic mass is 9.96. The van der Waals surface area contributed by atoms with E-state index in [0.717, 1.165) is 31.0 Å². The molecule has 256 valence electrons. The van der Waals surface area contributed by atoms with Crippen molar-refractivity contribution in [1.82, 2.24) is 0 Å². The molecule has 0 radical (unpaired) electrons. The number of unbranched alkanes of at least 4 members (excludes halogenated alkanes) is 1. The standard InChI is InChI=1S/C33H42NO12P/c1-7-10-11-12-29(38)34-26-15-13-25-20-27(16-14-24(25)19-26)45-33-32(44-23(6)37)31(43-22(5)36)30(42-21(4)35)28(46-33)17-18-47(39,40-8-2)41-9-3/h13-16,19-20,28,30-33H,7-10,17-18H2,1-6H3,(H,34,38)/t28-,30-,31+,32+,33+/m1/s1. The van der Waals surface area contributed by atoms with Gasteiger partial charge in [0.15, 0.2) is 12.2 Å². The third-order valence-electron chi connectivity index (χ3n) is 6.74. The predicted molar refractivity (Wildman–Crippen MR) is 172 cm³/mol. The molecule has 13 nitrogen and oxygen atoms in total. The van der Waals surface area contributed by atoms with Gasteiger partial charge in [-0.1, -0.05) is 25.0 Å². The van der Waals surface area contributed by atoms with Crippen molar-refractivity contribution in [3.63, 3.8) is 0 Å². The lowest BCUT2D eigenvalue weighted by Gasteiger charge is -2.44. The number of amides is 1. The van der Waals surface area contributed by atoms with Crippen LogP contribution in [0.5, 0.6) is 5.75 Å². The molecule has 1 aliphatic rings. The van der Waals surface area contributed by atoms with Crippen LogP contribution in [-0.4, -0.2) is 73.9 Å². The third-order valence-corrected chi connectivity index (χ3v) is 8.84. The maximum atomic E-state index is 13.3. The van der Waals surface area contributed by atoms with Crippen LogP contribution in [0.25, 0.3) is 10.8 Å². The smallest absolute Gasteiger partial charge is 0.330 e. The molecule has 1 heterocycles. The maximum Gasteiger partial charge on any atom is 0.330 e. The lowest BCUT2D eigenvalue weighted by Crippen LogP contribution is -2.62. The molecule has 0 bridgehead atoms. The molecule has 1 N–H and O–H groups in total. The zero-order valence-corrected chi connectivity index (χ0v) is 28.3. The van der Waals surface area contributed by atoms with Gasteiger partial charge in [-0.3, -0.25) is 23.7 Å². The molecular weight excluding hydrogens is 633 g/mol. The Bertz CT molecular complexity index is 1520. The summed E-state index contributed by atoms with van der Waals surface area (Å²) in [6, 6.07) is 10.4. The van der Waals surface area contributed by atoms with Crippen LogP contribution >= 0.6 is 7.60 Å². The number of fused-ring (bicyclic) bond motifs is 1. The van der Waals surface area contributed by atoms with E-state index >= 15 is 0 Å². The average Bonchev–Trinajstić information content (AvgIpc) is 2.99.